The van der Waals surface area contributed by atoms with Gasteiger partial charge in [0, 0.05) is 24.6 Å². The van der Waals surface area contributed by atoms with Crippen molar-refractivity contribution >= 4 is 21.7 Å². The average molecular weight is 459 g/mol. The van der Waals surface area contributed by atoms with Crippen LogP contribution in [0.15, 0.2) is 53.4 Å². The molecule has 32 heavy (non-hydrogen) atoms. The van der Waals surface area contributed by atoms with Crippen LogP contribution in [0.2, 0.25) is 0 Å². The summed E-state index contributed by atoms with van der Waals surface area (Å²) in [5.74, 6) is -0.398. The van der Waals surface area contributed by atoms with Crippen LogP contribution in [0.25, 0.3) is 0 Å². The number of nitrogens with one attached hydrogen (secondary N) is 1. The van der Waals surface area contributed by atoms with Crippen molar-refractivity contribution in [3.8, 4) is 0 Å². The van der Waals surface area contributed by atoms with Crippen LogP contribution in [0, 0.1) is 17.7 Å². The molecule has 1 unspecified atom stereocenters. The predicted octanol–water partition coefficient (Wildman–Crippen LogP) is 3.70. The van der Waals surface area contributed by atoms with Crippen LogP contribution >= 0.6 is 0 Å². The smallest absolute Gasteiger partial charge is 0.243 e. The van der Waals surface area contributed by atoms with E-state index in [1.807, 2.05) is 0 Å². The Balaban J connectivity index is 1.37. The van der Waals surface area contributed by atoms with Crippen molar-refractivity contribution in [3.05, 3.63) is 65.5 Å². The first-order valence-corrected chi connectivity index (χ1v) is 12.4. The summed E-state index contributed by atoms with van der Waals surface area (Å²) >= 11 is 0. The number of carbonyl (C=O) groups is 2. The Hall–Kier alpha value is -2.58. The van der Waals surface area contributed by atoms with Crippen LogP contribution in [-0.4, -0.2) is 37.5 Å². The lowest BCUT2D eigenvalue weighted by Gasteiger charge is -2.31. The zero-order valence-corrected chi connectivity index (χ0v) is 18.8. The largest absolute Gasteiger partial charge is 0.349 e. The van der Waals surface area contributed by atoms with Gasteiger partial charge in [0.25, 0.3) is 0 Å². The molecule has 0 aromatic heterocycles. The van der Waals surface area contributed by atoms with Crippen molar-refractivity contribution in [3.63, 3.8) is 0 Å². The molecule has 1 heterocycles. The predicted molar refractivity (Wildman–Crippen MR) is 118 cm³/mol. The number of hydrogen-bond donors (Lipinski definition) is 1. The van der Waals surface area contributed by atoms with Gasteiger partial charge in [-0.3, -0.25) is 9.59 Å². The van der Waals surface area contributed by atoms with Gasteiger partial charge in [0.2, 0.25) is 15.9 Å². The van der Waals surface area contributed by atoms with E-state index in [0.717, 1.165) is 18.4 Å². The van der Waals surface area contributed by atoms with Gasteiger partial charge in [-0.25, -0.2) is 12.8 Å². The van der Waals surface area contributed by atoms with E-state index in [1.165, 1.54) is 47.6 Å². The van der Waals surface area contributed by atoms with Crippen LogP contribution < -0.4 is 5.32 Å². The van der Waals surface area contributed by atoms with Crippen LogP contribution in [0.4, 0.5) is 4.39 Å². The molecule has 1 amide bonds. The SMILES string of the molecule is CC(=O)c1ccc(S(=O)(=O)N2CCC(C(=O)NC(c3ccc(F)cc3)C3CC3)CC2)cc1. The number of piperidine rings is 1. The zero-order chi connectivity index (χ0) is 22.9. The van der Waals surface area contributed by atoms with Crippen molar-refractivity contribution in [1.29, 1.82) is 0 Å². The number of sulfonamides is 1. The third kappa shape index (κ3) is 4.91. The highest BCUT2D eigenvalue weighted by atomic mass is 32.2. The third-order valence-electron chi connectivity index (χ3n) is 6.34. The fourth-order valence-electron chi connectivity index (χ4n) is 4.21. The lowest BCUT2D eigenvalue weighted by Crippen LogP contribution is -2.44. The Morgan fingerprint density at radius 1 is 0.969 bits per heavy atom. The number of carbonyl (C=O) groups excluding carboxylic acids is 2. The van der Waals surface area contributed by atoms with Gasteiger partial charge >= 0.3 is 0 Å². The lowest BCUT2D eigenvalue weighted by atomic mass is 9.95. The fraction of sp³-hybridized carbons (Fsp3) is 0.417. The zero-order valence-electron chi connectivity index (χ0n) is 18.0. The first-order chi connectivity index (χ1) is 15.3. The monoisotopic (exact) mass is 458 g/mol. The summed E-state index contributed by atoms with van der Waals surface area (Å²) in [6.45, 7) is 1.96. The molecule has 1 aliphatic carbocycles. The summed E-state index contributed by atoms with van der Waals surface area (Å²) < 4.78 is 40.6. The minimum atomic E-state index is -3.67. The molecule has 1 N–H and O–H groups in total. The summed E-state index contributed by atoms with van der Waals surface area (Å²) in [6.07, 6.45) is 2.94. The van der Waals surface area contributed by atoms with E-state index in [2.05, 4.69) is 5.32 Å². The van der Waals surface area contributed by atoms with Crippen molar-refractivity contribution in [2.24, 2.45) is 11.8 Å². The van der Waals surface area contributed by atoms with E-state index in [1.54, 1.807) is 12.1 Å². The van der Waals surface area contributed by atoms with Crippen LogP contribution in [0.1, 0.15) is 54.6 Å². The number of hydrogen-bond acceptors (Lipinski definition) is 4. The summed E-state index contributed by atoms with van der Waals surface area (Å²) in [4.78, 5) is 24.5. The maximum absolute atomic E-state index is 13.3. The minimum absolute atomic E-state index is 0.0749. The molecular weight excluding hydrogens is 431 g/mol. The highest BCUT2D eigenvalue weighted by molar-refractivity contribution is 7.89. The molecule has 0 radical (unpaired) electrons. The molecular formula is C24H27FN2O4S. The first kappa shape index (κ1) is 22.6. The number of Topliss-reactive ketones (excluding diaryl/α,β-unsaturated/α-hetero) is 1. The highest BCUT2D eigenvalue weighted by Gasteiger charge is 2.37. The summed E-state index contributed by atoms with van der Waals surface area (Å²) in [7, 11) is -3.67. The van der Waals surface area contributed by atoms with Gasteiger partial charge in [0.05, 0.1) is 10.9 Å². The summed E-state index contributed by atoms with van der Waals surface area (Å²) in [5.41, 5.74) is 1.36. The van der Waals surface area contributed by atoms with Crippen LogP contribution in [0.5, 0.6) is 0 Å². The van der Waals surface area contributed by atoms with Crippen molar-refractivity contribution in [2.45, 2.75) is 43.5 Å². The first-order valence-electron chi connectivity index (χ1n) is 10.9. The Morgan fingerprint density at radius 3 is 2.09 bits per heavy atom. The van der Waals surface area contributed by atoms with Gasteiger partial charge in [0.1, 0.15) is 5.82 Å². The second kappa shape index (κ2) is 9.11. The maximum Gasteiger partial charge on any atom is 0.243 e. The van der Waals surface area contributed by atoms with Gasteiger partial charge in [-0.1, -0.05) is 24.3 Å². The van der Waals surface area contributed by atoms with E-state index >= 15 is 0 Å². The number of halogens is 1. The molecule has 1 aliphatic heterocycles. The fourth-order valence-corrected chi connectivity index (χ4v) is 5.68. The molecule has 2 aromatic rings. The molecule has 2 aliphatic rings. The van der Waals surface area contributed by atoms with Crippen LogP contribution in [0.3, 0.4) is 0 Å². The number of rotatable bonds is 7. The molecule has 2 aromatic carbocycles. The normalized spacial score (nSPS) is 18.8. The van der Waals surface area contributed by atoms with E-state index in [9.17, 15) is 22.4 Å². The topological polar surface area (TPSA) is 83.6 Å². The van der Waals surface area contributed by atoms with Crippen molar-refractivity contribution in [1.82, 2.24) is 9.62 Å². The molecule has 1 saturated heterocycles. The van der Waals surface area contributed by atoms with E-state index in [0.29, 0.717) is 24.3 Å². The Labute approximate surface area is 187 Å². The molecule has 2 fully saturated rings. The van der Waals surface area contributed by atoms with Gasteiger partial charge in [-0.2, -0.15) is 4.31 Å². The van der Waals surface area contributed by atoms with E-state index < -0.39 is 10.0 Å². The third-order valence-corrected chi connectivity index (χ3v) is 8.26. The van der Waals surface area contributed by atoms with E-state index in [4.69, 9.17) is 0 Å². The standard InChI is InChI=1S/C24H27FN2O4S/c1-16(28)17-6-10-22(11-7-17)32(30,31)27-14-12-20(13-15-27)24(29)26-23(18-2-3-18)19-4-8-21(25)9-5-19/h4-11,18,20,23H,2-3,12-15H2,1H3,(H,26,29). The van der Waals surface area contributed by atoms with Gasteiger partial charge in [-0.15, -0.1) is 0 Å². The Kier molecular flexibility index (Phi) is 6.44. The second-order valence-corrected chi connectivity index (χ2v) is 10.6. The van der Waals surface area contributed by atoms with Gasteiger partial charge in [-0.05, 0) is 68.4 Å². The highest BCUT2D eigenvalue weighted by Crippen LogP contribution is 2.41. The average Bonchev–Trinajstić information content (AvgIpc) is 3.63. The minimum Gasteiger partial charge on any atom is -0.349 e. The number of benzene rings is 2. The molecule has 8 heteroatoms. The van der Waals surface area contributed by atoms with Crippen LogP contribution in [-0.2, 0) is 14.8 Å². The Morgan fingerprint density at radius 2 is 1.56 bits per heavy atom. The maximum atomic E-state index is 13.3. The molecule has 6 nitrogen and oxygen atoms in total. The Bertz CT molecular complexity index is 1090. The summed E-state index contributed by atoms with van der Waals surface area (Å²) in [5, 5.41) is 3.13. The molecule has 1 saturated carbocycles. The number of ketones is 1. The molecule has 170 valence electrons. The molecule has 0 bridgehead atoms. The van der Waals surface area contributed by atoms with Crippen molar-refractivity contribution < 1.29 is 22.4 Å². The van der Waals surface area contributed by atoms with E-state index in [-0.39, 0.29) is 47.5 Å². The molecule has 4 rings (SSSR count). The van der Waals surface area contributed by atoms with Crippen molar-refractivity contribution in [2.75, 3.05) is 13.1 Å². The molecule has 0 spiro atoms. The number of amides is 1. The lowest BCUT2D eigenvalue weighted by molar-refractivity contribution is -0.127. The van der Waals surface area contributed by atoms with Gasteiger partial charge in [0.15, 0.2) is 5.78 Å². The molecule has 1 atom stereocenters. The second-order valence-electron chi connectivity index (χ2n) is 8.63. The number of nitrogens with zero attached hydrogens (tertiary/aromatic N) is 1. The quantitative estimate of drug-likeness (QED) is 0.642. The van der Waals surface area contributed by atoms with Gasteiger partial charge < -0.3 is 5.32 Å². The summed E-state index contributed by atoms with van der Waals surface area (Å²) in [6, 6.07) is 12.0.